The second kappa shape index (κ2) is 5.25. The molecule has 2 amide bonds. The van der Waals surface area contributed by atoms with Crippen LogP contribution in [0.1, 0.15) is 29.3 Å². The van der Waals surface area contributed by atoms with Gasteiger partial charge in [0.25, 0.3) is 5.91 Å². The fourth-order valence-electron chi connectivity index (χ4n) is 2.77. The topological polar surface area (TPSA) is 58.6 Å². The molecule has 0 saturated carbocycles. The molecule has 2 aliphatic heterocycles. The molecular weight excluding hydrogens is 256 g/mol. The first-order valence-corrected chi connectivity index (χ1v) is 7.00. The molecule has 3 rings (SSSR count). The van der Waals surface area contributed by atoms with Gasteiger partial charge in [0, 0.05) is 17.8 Å². The van der Waals surface area contributed by atoms with Crippen LogP contribution in [0.2, 0.25) is 0 Å². The van der Waals surface area contributed by atoms with Crippen molar-refractivity contribution in [1.29, 1.82) is 0 Å². The van der Waals surface area contributed by atoms with Crippen molar-refractivity contribution in [3.05, 3.63) is 29.3 Å². The molecule has 2 aliphatic rings. The molecule has 5 heteroatoms. The zero-order chi connectivity index (χ0) is 14.1. The lowest BCUT2D eigenvalue weighted by Gasteiger charge is -2.35. The Hall–Kier alpha value is -1.88. The second-order valence-corrected chi connectivity index (χ2v) is 5.23. The number of nitrogens with zero attached hydrogens (tertiary/aromatic N) is 1. The summed E-state index contributed by atoms with van der Waals surface area (Å²) in [4.78, 5) is 25.8. The van der Waals surface area contributed by atoms with E-state index in [1.54, 1.807) is 6.07 Å². The zero-order valence-electron chi connectivity index (χ0n) is 11.5. The highest BCUT2D eigenvalue weighted by Crippen LogP contribution is 2.25. The summed E-state index contributed by atoms with van der Waals surface area (Å²) in [6, 6.07) is 5.59. The van der Waals surface area contributed by atoms with Gasteiger partial charge in [-0.2, -0.15) is 0 Å². The van der Waals surface area contributed by atoms with Crippen LogP contribution in [0.5, 0.6) is 0 Å². The van der Waals surface area contributed by atoms with E-state index in [0.29, 0.717) is 31.7 Å². The first-order chi connectivity index (χ1) is 9.69. The van der Waals surface area contributed by atoms with Gasteiger partial charge >= 0.3 is 0 Å². The summed E-state index contributed by atoms with van der Waals surface area (Å²) in [5.41, 5.74) is 2.36. The van der Waals surface area contributed by atoms with Crippen molar-refractivity contribution in [2.45, 2.75) is 25.8 Å². The summed E-state index contributed by atoms with van der Waals surface area (Å²) in [5.74, 6) is 0.00602. The third kappa shape index (κ3) is 2.29. The van der Waals surface area contributed by atoms with Crippen LogP contribution >= 0.6 is 0 Å². The van der Waals surface area contributed by atoms with E-state index in [9.17, 15) is 9.59 Å². The number of fused-ring (bicyclic) bond motifs is 1. The molecule has 1 fully saturated rings. The number of ether oxygens (including phenoxy) is 1. The van der Waals surface area contributed by atoms with Crippen LogP contribution < -0.4 is 5.32 Å². The molecule has 1 unspecified atom stereocenters. The fraction of sp³-hybridized carbons (Fsp3) is 0.467. The van der Waals surface area contributed by atoms with E-state index in [2.05, 4.69) is 12.2 Å². The molecule has 5 nitrogen and oxygen atoms in total. The lowest BCUT2D eigenvalue weighted by Crippen LogP contribution is -2.48. The quantitative estimate of drug-likeness (QED) is 0.887. The Morgan fingerprint density at radius 3 is 3.15 bits per heavy atom. The molecule has 20 heavy (non-hydrogen) atoms. The molecule has 0 bridgehead atoms. The molecule has 0 aliphatic carbocycles. The van der Waals surface area contributed by atoms with E-state index in [1.807, 2.05) is 17.0 Å². The second-order valence-electron chi connectivity index (χ2n) is 5.23. The predicted octanol–water partition coefficient (Wildman–Crippen LogP) is 1.43. The van der Waals surface area contributed by atoms with Crippen molar-refractivity contribution < 1.29 is 14.3 Å². The van der Waals surface area contributed by atoms with Crippen molar-refractivity contribution in [2.75, 3.05) is 25.1 Å². The molecule has 0 spiro atoms. The van der Waals surface area contributed by atoms with Gasteiger partial charge < -0.3 is 15.0 Å². The fourth-order valence-corrected chi connectivity index (χ4v) is 2.77. The number of hydrogen-bond acceptors (Lipinski definition) is 3. The lowest BCUT2D eigenvalue weighted by molar-refractivity contribution is -0.115. The van der Waals surface area contributed by atoms with Gasteiger partial charge in [-0.3, -0.25) is 9.59 Å². The van der Waals surface area contributed by atoms with Gasteiger partial charge in [0.1, 0.15) is 0 Å². The molecule has 0 aromatic heterocycles. The normalized spacial score (nSPS) is 21.6. The Morgan fingerprint density at radius 1 is 1.50 bits per heavy atom. The Morgan fingerprint density at radius 2 is 2.35 bits per heavy atom. The Labute approximate surface area is 117 Å². The van der Waals surface area contributed by atoms with Crippen molar-refractivity contribution in [3.63, 3.8) is 0 Å². The highest BCUT2D eigenvalue weighted by atomic mass is 16.5. The van der Waals surface area contributed by atoms with Crippen molar-refractivity contribution in [3.8, 4) is 0 Å². The highest BCUT2D eigenvalue weighted by Gasteiger charge is 2.28. The number of anilines is 1. The third-order valence-electron chi connectivity index (χ3n) is 3.94. The Kier molecular flexibility index (Phi) is 3.44. The van der Waals surface area contributed by atoms with Gasteiger partial charge in [-0.1, -0.05) is 13.0 Å². The summed E-state index contributed by atoms with van der Waals surface area (Å²) < 4.78 is 5.43. The average molecular weight is 274 g/mol. The number of hydrogen-bond donors (Lipinski definition) is 1. The van der Waals surface area contributed by atoms with Gasteiger partial charge in [-0.25, -0.2) is 0 Å². The minimum absolute atomic E-state index is 0.0117. The van der Waals surface area contributed by atoms with Crippen molar-refractivity contribution in [1.82, 2.24) is 4.90 Å². The monoisotopic (exact) mass is 274 g/mol. The number of amides is 2. The van der Waals surface area contributed by atoms with Crippen LogP contribution in [0, 0.1) is 0 Å². The van der Waals surface area contributed by atoms with Crippen LogP contribution in [-0.4, -0.2) is 42.5 Å². The lowest BCUT2D eigenvalue weighted by atomic mass is 10.1. The van der Waals surface area contributed by atoms with E-state index in [-0.39, 0.29) is 17.9 Å². The largest absolute Gasteiger partial charge is 0.377 e. The van der Waals surface area contributed by atoms with Crippen LogP contribution in [0.4, 0.5) is 5.69 Å². The Bertz CT molecular complexity index is 556. The SMILES string of the molecule is CCC1COCCN1C(=O)c1ccc2c(c1)NC(=O)C2. The number of rotatable bonds is 2. The zero-order valence-corrected chi connectivity index (χ0v) is 11.5. The number of benzene rings is 1. The predicted molar refractivity (Wildman–Crippen MR) is 74.7 cm³/mol. The summed E-state index contributed by atoms with van der Waals surface area (Å²) in [7, 11) is 0. The molecule has 1 N–H and O–H groups in total. The molecule has 1 saturated heterocycles. The minimum Gasteiger partial charge on any atom is -0.377 e. The van der Waals surface area contributed by atoms with E-state index in [0.717, 1.165) is 17.7 Å². The number of nitrogens with one attached hydrogen (secondary N) is 1. The van der Waals surface area contributed by atoms with E-state index < -0.39 is 0 Å². The average Bonchev–Trinajstić information content (AvgIpc) is 2.85. The van der Waals surface area contributed by atoms with Gasteiger partial charge in [-0.05, 0) is 24.1 Å². The van der Waals surface area contributed by atoms with Crippen LogP contribution in [0.25, 0.3) is 0 Å². The third-order valence-corrected chi connectivity index (χ3v) is 3.94. The smallest absolute Gasteiger partial charge is 0.254 e. The number of carbonyl (C=O) groups excluding carboxylic acids is 2. The number of morpholine rings is 1. The maximum Gasteiger partial charge on any atom is 0.254 e. The molecule has 0 radical (unpaired) electrons. The standard InChI is InChI=1S/C15H18N2O3/c1-2-12-9-20-6-5-17(12)15(19)11-4-3-10-8-14(18)16-13(10)7-11/h3-4,7,12H,2,5-6,8-9H2,1H3,(H,16,18). The Balaban J connectivity index is 1.83. The molecule has 1 aromatic rings. The summed E-state index contributed by atoms with van der Waals surface area (Å²) in [5, 5.41) is 2.79. The van der Waals surface area contributed by atoms with Crippen LogP contribution in [0.3, 0.4) is 0 Å². The maximum absolute atomic E-state index is 12.6. The molecule has 106 valence electrons. The van der Waals surface area contributed by atoms with Crippen LogP contribution in [0.15, 0.2) is 18.2 Å². The van der Waals surface area contributed by atoms with E-state index in [4.69, 9.17) is 4.74 Å². The summed E-state index contributed by atoms with van der Waals surface area (Å²) in [6.45, 7) is 3.87. The summed E-state index contributed by atoms with van der Waals surface area (Å²) >= 11 is 0. The van der Waals surface area contributed by atoms with Gasteiger partial charge in [-0.15, -0.1) is 0 Å². The maximum atomic E-state index is 12.6. The molecular formula is C15H18N2O3. The van der Waals surface area contributed by atoms with Gasteiger partial charge in [0.15, 0.2) is 0 Å². The van der Waals surface area contributed by atoms with Crippen molar-refractivity contribution in [2.24, 2.45) is 0 Å². The van der Waals surface area contributed by atoms with Gasteiger partial charge in [0.05, 0.1) is 25.7 Å². The molecule has 1 aromatic carbocycles. The highest BCUT2D eigenvalue weighted by molar-refractivity contribution is 6.02. The molecule has 1 atom stereocenters. The first kappa shape index (κ1) is 13.1. The van der Waals surface area contributed by atoms with Crippen molar-refractivity contribution >= 4 is 17.5 Å². The van der Waals surface area contributed by atoms with E-state index >= 15 is 0 Å². The number of carbonyl (C=O) groups is 2. The molecule has 2 heterocycles. The van der Waals surface area contributed by atoms with Crippen LogP contribution in [-0.2, 0) is 16.0 Å². The van der Waals surface area contributed by atoms with E-state index in [1.165, 1.54) is 0 Å². The minimum atomic E-state index is -0.0117. The van der Waals surface area contributed by atoms with Gasteiger partial charge in [0.2, 0.25) is 5.91 Å². The first-order valence-electron chi connectivity index (χ1n) is 7.00. The summed E-state index contributed by atoms with van der Waals surface area (Å²) in [6.07, 6.45) is 1.28.